The van der Waals surface area contributed by atoms with Crippen LogP contribution >= 0.6 is 27.5 Å². The van der Waals surface area contributed by atoms with Crippen molar-refractivity contribution >= 4 is 33.2 Å². The predicted octanol–water partition coefficient (Wildman–Crippen LogP) is 3.15. The van der Waals surface area contributed by atoms with Gasteiger partial charge in [0.1, 0.15) is 0 Å². The average molecular weight is 271 g/mol. The number of halogens is 4. The molecule has 0 saturated carbocycles. The van der Waals surface area contributed by atoms with Crippen molar-refractivity contribution in [1.29, 1.82) is 0 Å². The van der Waals surface area contributed by atoms with Crippen LogP contribution in [0.3, 0.4) is 0 Å². The first-order valence-electron chi connectivity index (χ1n) is 3.34. The zero-order valence-electron chi connectivity index (χ0n) is 6.40. The summed E-state index contributed by atoms with van der Waals surface area (Å²) < 4.78 is 24.9. The maximum absolute atomic E-state index is 12.5. The Labute approximate surface area is 87.2 Å². The Morgan fingerprint density at radius 3 is 2.69 bits per heavy atom. The van der Waals surface area contributed by atoms with E-state index in [4.69, 9.17) is 17.3 Å². The summed E-state index contributed by atoms with van der Waals surface area (Å²) in [6.07, 6.45) is -1.39. The summed E-state index contributed by atoms with van der Waals surface area (Å²) in [5.41, 5.74) is 5.22. The van der Waals surface area contributed by atoms with E-state index in [1.165, 1.54) is 6.20 Å². The van der Waals surface area contributed by atoms with Crippen molar-refractivity contribution in [3.63, 3.8) is 0 Å². The molecule has 0 atom stereocenters. The quantitative estimate of drug-likeness (QED) is 0.839. The van der Waals surface area contributed by atoms with Gasteiger partial charge in [-0.25, -0.2) is 8.78 Å². The molecule has 0 aliphatic carbocycles. The molecule has 0 saturated heterocycles. The summed E-state index contributed by atoms with van der Waals surface area (Å²) in [7, 11) is 0. The number of nitrogen functional groups attached to an aromatic ring is 1. The van der Waals surface area contributed by atoms with Crippen LogP contribution in [0.5, 0.6) is 0 Å². The monoisotopic (exact) mass is 270 g/mol. The van der Waals surface area contributed by atoms with Gasteiger partial charge in [-0.05, 0) is 0 Å². The topological polar surface area (TPSA) is 38.9 Å². The molecule has 0 unspecified atom stereocenters. The molecule has 6 heteroatoms. The van der Waals surface area contributed by atoms with E-state index >= 15 is 0 Å². The molecule has 0 amide bonds. The fourth-order valence-corrected chi connectivity index (χ4v) is 1.51. The number of nitrogens with zero attached hydrogens (tertiary/aromatic N) is 1. The Morgan fingerprint density at radius 2 is 2.23 bits per heavy atom. The highest BCUT2D eigenvalue weighted by molar-refractivity contribution is 9.08. The standard InChI is InChI=1S/C7H6BrClF2N2/c8-1-4-5(7(10)11)6(12)3(9)2-13-4/h2,7H,1H2,(H2,12,13). The van der Waals surface area contributed by atoms with Crippen LogP contribution in [0.1, 0.15) is 17.7 Å². The third kappa shape index (κ3) is 2.08. The zero-order chi connectivity index (χ0) is 10.0. The summed E-state index contributed by atoms with van der Waals surface area (Å²) in [6, 6.07) is 0. The van der Waals surface area contributed by atoms with E-state index in [9.17, 15) is 8.78 Å². The molecule has 1 aromatic rings. The molecular formula is C7H6BrClF2N2. The first kappa shape index (κ1) is 10.7. The Balaban J connectivity index is 3.32. The van der Waals surface area contributed by atoms with Crippen molar-refractivity contribution in [1.82, 2.24) is 4.98 Å². The predicted molar refractivity (Wildman–Crippen MR) is 51.2 cm³/mol. The van der Waals surface area contributed by atoms with E-state index in [2.05, 4.69) is 20.9 Å². The lowest BCUT2D eigenvalue weighted by Gasteiger charge is -2.09. The molecular weight excluding hydrogens is 265 g/mol. The lowest BCUT2D eigenvalue weighted by molar-refractivity contribution is 0.151. The second-order valence-electron chi connectivity index (χ2n) is 2.31. The molecule has 2 nitrogen and oxygen atoms in total. The normalized spacial score (nSPS) is 10.8. The van der Waals surface area contributed by atoms with Gasteiger partial charge in [0.05, 0.1) is 22.0 Å². The SMILES string of the molecule is Nc1c(Cl)cnc(CBr)c1C(F)F. The van der Waals surface area contributed by atoms with E-state index in [0.717, 1.165) is 0 Å². The van der Waals surface area contributed by atoms with E-state index in [1.54, 1.807) is 0 Å². The van der Waals surface area contributed by atoms with Gasteiger partial charge in [0.25, 0.3) is 6.43 Å². The number of anilines is 1. The maximum Gasteiger partial charge on any atom is 0.267 e. The molecule has 13 heavy (non-hydrogen) atoms. The first-order valence-corrected chi connectivity index (χ1v) is 4.84. The van der Waals surface area contributed by atoms with Gasteiger partial charge in [0.2, 0.25) is 0 Å². The molecule has 0 aromatic carbocycles. The van der Waals surface area contributed by atoms with Gasteiger partial charge in [0.15, 0.2) is 0 Å². The van der Waals surface area contributed by atoms with Gasteiger partial charge in [-0.2, -0.15) is 0 Å². The molecule has 0 fully saturated rings. The van der Waals surface area contributed by atoms with Gasteiger partial charge in [0, 0.05) is 11.5 Å². The van der Waals surface area contributed by atoms with Crippen molar-refractivity contribution in [3.8, 4) is 0 Å². The van der Waals surface area contributed by atoms with Gasteiger partial charge < -0.3 is 5.73 Å². The second kappa shape index (κ2) is 4.19. The lowest BCUT2D eigenvalue weighted by Crippen LogP contribution is -2.02. The van der Waals surface area contributed by atoms with Gasteiger partial charge >= 0.3 is 0 Å². The molecule has 72 valence electrons. The van der Waals surface area contributed by atoms with Crippen molar-refractivity contribution in [2.24, 2.45) is 0 Å². The highest BCUT2D eigenvalue weighted by Crippen LogP contribution is 2.32. The second-order valence-corrected chi connectivity index (χ2v) is 3.28. The average Bonchev–Trinajstić information content (AvgIpc) is 2.08. The summed E-state index contributed by atoms with van der Waals surface area (Å²) in [4.78, 5) is 3.74. The summed E-state index contributed by atoms with van der Waals surface area (Å²) in [6.45, 7) is 0. The van der Waals surface area contributed by atoms with Crippen LogP contribution in [-0.2, 0) is 5.33 Å². The molecule has 1 heterocycles. The third-order valence-electron chi connectivity index (χ3n) is 1.54. The van der Waals surface area contributed by atoms with E-state index in [0.29, 0.717) is 0 Å². The number of aromatic nitrogens is 1. The fourth-order valence-electron chi connectivity index (χ4n) is 0.908. The molecule has 0 aliphatic rings. The number of hydrogen-bond donors (Lipinski definition) is 1. The fraction of sp³-hybridized carbons (Fsp3) is 0.286. The van der Waals surface area contributed by atoms with Crippen molar-refractivity contribution in [2.45, 2.75) is 11.8 Å². The molecule has 0 spiro atoms. The van der Waals surface area contributed by atoms with Gasteiger partial charge in [-0.15, -0.1) is 0 Å². The van der Waals surface area contributed by atoms with Crippen molar-refractivity contribution in [2.75, 3.05) is 5.73 Å². The molecule has 0 bridgehead atoms. The Kier molecular flexibility index (Phi) is 3.44. The summed E-state index contributed by atoms with van der Waals surface area (Å²) in [5.74, 6) is 0. The van der Waals surface area contributed by atoms with Crippen LogP contribution in [0.15, 0.2) is 6.20 Å². The van der Waals surface area contributed by atoms with Crippen LogP contribution in [0.4, 0.5) is 14.5 Å². The molecule has 1 rings (SSSR count). The number of alkyl halides is 3. The molecule has 0 aliphatic heterocycles. The molecule has 0 radical (unpaired) electrons. The summed E-state index contributed by atoms with van der Waals surface area (Å²) in [5, 5.41) is 0.286. The summed E-state index contributed by atoms with van der Waals surface area (Å²) >= 11 is 8.59. The number of hydrogen-bond acceptors (Lipinski definition) is 2. The number of nitrogens with two attached hydrogens (primary N) is 1. The minimum absolute atomic E-state index is 0.0556. The van der Waals surface area contributed by atoms with Crippen LogP contribution in [-0.4, -0.2) is 4.98 Å². The minimum Gasteiger partial charge on any atom is -0.397 e. The minimum atomic E-state index is -2.65. The van der Waals surface area contributed by atoms with E-state index in [-0.39, 0.29) is 27.3 Å². The third-order valence-corrected chi connectivity index (χ3v) is 2.37. The van der Waals surface area contributed by atoms with Crippen LogP contribution in [0.25, 0.3) is 0 Å². The maximum atomic E-state index is 12.5. The Bertz CT molecular complexity index is 320. The highest BCUT2D eigenvalue weighted by Gasteiger charge is 2.19. The number of rotatable bonds is 2. The van der Waals surface area contributed by atoms with Crippen LogP contribution < -0.4 is 5.73 Å². The Morgan fingerprint density at radius 1 is 1.62 bits per heavy atom. The largest absolute Gasteiger partial charge is 0.397 e. The Hall–Kier alpha value is -0.420. The first-order chi connectivity index (χ1) is 6.07. The van der Waals surface area contributed by atoms with Crippen molar-refractivity contribution in [3.05, 3.63) is 22.5 Å². The van der Waals surface area contributed by atoms with Crippen LogP contribution in [0.2, 0.25) is 5.02 Å². The smallest absolute Gasteiger partial charge is 0.267 e. The molecule has 2 N–H and O–H groups in total. The number of pyridine rings is 1. The zero-order valence-corrected chi connectivity index (χ0v) is 8.74. The van der Waals surface area contributed by atoms with E-state index in [1.807, 2.05) is 0 Å². The van der Waals surface area contributed by atoms with Gasteiger partial charge in [-0.1, -0.05) is 27.5 Å². The molecule has 1 aromatic heterocycles. The van der Waals surface area contributed by atoms with Crippen LogP contribution in [0, 0.1) is 0 Å². The lowest BCUT2D eigenvalue weighted by atomic mass is 10.2. The van der Waals surface area contributed by atoms with E-state index < -0.39 is 6.43 Å². The van der Waals surface area contributed by atoms with Gasteiger partial charge in [-0.3, -0.25) is 4.98 Å². The van der Waals surface area contributed by atoms with Crippen molar-refractivity contribution < 1.29 is 8.78 Å². The highest BCUT2D eigenvalue weighted by atomic mass is 79.9.